The number of nitriles is 1. The molecule has 0 radical (unpaired) electrons. The van der Waals surface area contributed by atoms with Gasteiger partial charge in [0.15, 0.2) is 11.5 Å². The molecule has 1 atom stereocenters. The molecule has 0 N–H and O–H groups in total. The number of benzene rings is 2. The molecule has 0 unspecified atom stereocenters. The lowest BCUT2D eigenvalue weighted by atomic mass is 9.86. The van der Waals surface area contributed by atoms with Crippen molar-refractivity contribution in [2.75, 3.05) is 31.2 Å². The highest BCUT2D eigenvalue weighted by molar-refractivity contribution is 8.03. The summed E-state index contributed by atoms with van der Waals surface area (Å²) in [5, 5.41) is 10.8. The van der Waals surface area contributed by atoms with Crippen LogP contribution in [0, 0.1) is 11.3 Å². The lowest BCUT2D eigenvalue weighted by Crippen LogP contribution is -2.47. The van der Waals surface area contributed by atoms with Gasteiger partial charge in [-0.05, 0) is 42.7 Å². The van der Waals surface area contributed by atoms with E-state index in [1.54, 1.807) is 23.8 Å². The Morgan fingerprint density at radius 1 is 1.19 bits per heavy atom. The number of hydrogen-bond donors (Lipinski definition) is 0. The average Bonchev–Trinajstić information content (AvgIpc) is 2.84. The minimum absolute atomic E-state index is 0.0306. The maximum Gasteiger partial charge on any atom is 0.229 e. The molecule has 2 aromatic rings. The number of amides is 1. The maximum atomic E-state index is 13.2. The number of carbonyl (C=O) groups is 1. The number of thioether (sulfide) groups is 1. The normalized spacial score (nSPS) is 18.3. The van der Waals surface area contributed by atoms with Crippen LogP contribution in [0.5, 0.6) is 11.5 Å². The van der Waals surface area contributed by atoms with E-state index in [0.717, 1.165) is 22.7 Å². The zero-order valence-electron chi connectivity index (χ0n) is 18.6. The molecule has 0 aromatic heterocycles. The van der Waals surface area contributed by atoms with Crippen LogP contribution in [0.3, 0.4) is 0 Å². The van der Waals surface area contributed by atoms with E-state index in [1.165, 1.54) is 5.56 Å². The van der Waals surface area contributed by atoms with E-state index in [1.807, 2.05) is 37.3 Å². The molecule has 1 amide bonds. The van der Waals surface area contributed by atoms with Gasteiger partial charge in [0.05, 0.1) is 42.9 Å². The predicted molar refractivity (Wildman–Crippen MR) is 127 cm³/mol. The maximum absolute atomic E-state index is 13.2. The summed E-state index contributed by atoms with van der Waals surface area (Å²) in [5.41, 5.74) is 3.93. The number of aryl methyl sites for hydroxylation is 1. The summed E-state index contributed by atoms with van der Waals surface area (Å²) in [4.78, 5) is 17.2. The number of rotatable bonds is 6. The van der Waals surface area contributed by atoms with Gasteiger partial charge in [-0.3, -0.25) is 9.69 Å². The summed E-state index contributed by atoms with van der Waals surface area (Å²) < 4.78 is 11.1. The second kappa shape index (κ2) is 9.58. The van der Waals surface area contributed by atoms with Gasteiger partial charge in [0, 0.05) is 18.0 Å². The number of carbonyl (C=O) groups excluding carboxylic acids is 1. The van der Waals surface area contributed by atoms with Gasteiger partial charge in [-0.1, -0.05) is 43.0 Å². The van der Waals surface area contributed by atoms with Gasteiger partial charge in [-0.25, -0.2) is 0 Å². The van der Waals surface area contributed by atoms with Gasteiger partial charge >= 0.3 is 0 Å². The largest absolute Gasteiger partial charge is 0.493 e. The molecule has 2 aliphatic rings. The van der Waals surface area contributed by atoms with E-state index in [-0.39, 0.29) is 18.2 Å². The third-order valence-electron chi connectivity index (χ3n) is 5.90. The van der Waals surface area contributed by atoms with Crippen LogP contribution in [-0.4, -0.2) is 37.1 Å². The molecule has 32 heavy (non-hydrogen) atoms. The molecule has 2 aliphatic heterocycles. The van der Waals surface area contributed by atoms with Crippen molar-refractivity contribution in [2.24, 2.45) is 0 Å². The molecule has 0 aliphatic carbocycles. The van der Waals surface area contributed by atoms with Crippen molar-refractivity contribution in [1.82, 2.24) is 4.90 Å². The number of nitrogens with zero attached hydrogens (tertiary/aromatic N) is 3. The Balaban J connectivity index is 1.66. The molecular weight excluding hydrogens is 422 g/mol. The Labute approximate surface area is 193 Å². The van der Waals surface area contributed by atoms with E-state index in [0.29, 0.717) is 36.2 Å². The van der Waals surface area contributed by atoms with Crippen LogP contribution in [0.15, 0.2) is 53.1 Å². The van der Waals surface area contributed by atoms with Crippen molar-refractivity contribution in [2.45, 2.75) is 32.6 Å². The highest BCUT2D eigenvalue weighted by atomic mass is 32.2. The number of ether oxygens (including phenoxy) is 2. The Bertz CT molecular complexity index is 1090. The molecule has 0 spiro atoms. The van der Waals surface area contributed by atoms with Gasteiger partial charge in [0.2, 0.25) is 5.91 Å². The second-order valence-corrected chi connectivity index (χ2v) is 8.62. The zero-order chi connectivity index (χ0) is 22.7. The predicted octanol–water partition coefficient (Wildman–Crippen LogP) is 4.88. The highest BCUT2D eigenvalue weighted by Crippen LogP contribution is 2.44. The van der Waals surface area contributed by atoms with Crippen LogP contribution < -0.4 is 14.4 Å². The third-order valence-corrected chi connectivity index (χ3v) is 7.05. The monoisotopic (exact) mass is 449 g/mol. The highest BCUT2D eigenvalue weighted by Gasteiger charge is 2.38. The Morgan fingerprint density at radius 2 is 2.00 bits per heavy atom. The van der Waals surface area contributed by atoms with E-state index in [4.69, 9.17) is 9.47 Å². The van der Waals surface area contributed by atoms with E-state index >= 15 is 0 Å². The van der Waals surface area contributed by atoms with Gasteiger partial charge < -0.3 is 14.4 Å². The first kappa shape index (κ1) is 22.1. The van der Waals surface area contributed by atoms with Crippen LogP contribution in [0.1, 0.15) is 37.3 Å². The number of fused-ring (bicyclic) bond motifs is 1. The second-order valence-electron chi connectivity index (χ2n) is 7.69. The fourth-order valence-electron chi connectivity index (χ4n) is 4.29. The molecule has 0 saturated carbocycles. The smallest absolute Gasteiger partial charge is 0.229 e. The summed E-state index contributed by atoms with van der Waals surface area (Å²) in [6.45, 7) is 5.05. The lowest BCUT2D eigenvalue weighted by molar-refractivity contribution is -0.129. The topological polar surface area (TPSA) is 65.8 Å². The molecule has 6 nitrogen and oxygen atoms in total. The van der Waals surface area contributed by atoms with Gasteiger partial charge in [-0.2, -0.15) is 5.26 Å². The Morgan fingerprint density at radius 3 is 2.72 bits per heavy atom. The Hall–Kier alpha value is -3.11. The molecular formula is C25H27N3O3S. The summed E-state index contributed by atoms with van der Waals surface area (Å²) in [6, 6.07) is 16.4. The summed E-state index contributed by atoms with van der Waals surface area (Å²) in [7, 11) is 1.60. The zero-order valence-corrected chi connectivity index (χ0v) is 19.4. The van der Waals surface area contributed by atoms with Gasteiger partial charge in [0.1, 0.15) is 0 Å². The molecule has 1 fully saturated rings. The van der Waals surface area contributed by atoms with Crippen LogP contribution in [0.2, 0.25) is 0 Å². The number of allylic oxidation sites excluding steroid dienone is 1. The first-order valence-corrected chi connectivity index (χ1v) is 11.8. The number of methoxy groups -OCH3 is 1. The quantitative estimate of drug-likeness (QED) is 0.627. The van der Waals surface area contributed by atoms with Crippen molar-refractivity contribution in [3.05, 3.63) is 64.2 Å². The fraction of sp³-hybridized carbons (Fsp3) is 0.360. The van der Waals surface area contributed by atoms with E-state index in [2.05, 4.69) is 30.0 Å². The lowest BCUT2D eigenvalue weighted by Gasteiger charge is -2.42. The number of para-hydroxylation sites is 1. The molecule has 2 heterocycles. The van der Waals surface area contributed by atoms with E-state index < -0.39 is 0 Å². The Kier molecular flexibility index (Phi) is 6.61. The minimum atomic E-state index is -0.287. The minimum Gasteiger partial charge on any atom is -0.493 e. The molecule has 2 aromatic carbocycles. The number of hydrogen-bond acceptors (Lipinski definition) is 6. The first-order chi connectivity index (χ1) is 15.6. The van der Waals surface area contributed by atoms with Crippen molar-refractivity contribution in [1.29, 1.82) is 5.26 Å². The molecule has 0 bridgehead atoms. The first-order valence-electron chi connectivity index (χ1n) is 10.8. The fourth-order valence-corrected chi connectivity index (χ4v) is 5.45. The van der Waals surface area contributed by atoms with E-state index in [9.17, 15) is 10.1 Å². The van der Waals surface area contributed by atoms with Crippen LogP contribution in [0.25, 0.3) is 0 Å². The SMILES string of the molecule is CCOc1ccc([C@H]2CC(=O)N3CN(c4ccccc4CC)CSC3=C2C#N)cc1OC. The molecule has 7 heteroatoms. The molecule has 4 rings (SSSR count). The van der Waals surface area contributed by atoms with Crippen LogP contribution in [-0.2, 0) is 11.2 Å². The standard InChI is InChI=1S/C25H27N3O3S/c1-4-17-8-6-7-9-21(17)27-15-28-24(29)13-19(20(14-26)25(28)32-16-27)18-10-11-22(31-5-2)23(12-18)30-3/h6-12,19H,4-5,13,15-16H2,1-3H3/t19-/m1/s1. The van der Waals surface area contributed by atoms with Crippen LogP contribution in [0.4, 0.5) is 5.69 Å². The van der Waals surface area contributed by atoms with Crippen molar-refractivity contribution >= 4 is 23.4 Å². The van der Waals surface area contributed by atoms with Crippen LogP contribution >= 0.6 is 11.8 Å². The summed E-state index contributed by atoms with van der Waals surface area (Å²) >= 11 is 1.56. The average molecular weight is 450 g/mol. The molecule has 166 valence electrons. The summed E-state index contributed by atoms with van der Waals surface area (Å²) in [6.07, 6.45) is 1.19. The molecule has 1 saturated heterocycles. The van der Waals surface area contributed by atoms with Crippen molar-refractivity contribution < 1.29 is 14.3 Å². The summed E-state index contributed by atoms with van der Waals surface area (Å²) in [5.74, 6) is 1.71. The van der Waals surface area contributed by atoms with Gasteiger partial charge in [-0.15, -0.1) is 0 Å². The van der Waals surface area contributed by atoms with Crippen molar-refractivity contribution in [3.8, 4) is 17.6 Å². The number of anilines is 1. The van der Waals surface area contributed by atoms with Gasteiger partial charge in [0.25, 0.3) is 0 Å². The van der Waals surface area contributed by atoms with Crippen molar-refractivity contribution in [3.63, 3.8) is 0 Å². The third kappa shape index (κ3) is 4.03.